The molecule has 1 saturated heterocycles. The van der Waals surface area contributed by atoms with Gasteiger partial charge in [-0.1, -0.05) is 0 Å². The summed E-state index contributed by atoms with van der Waals surface area (Å²) in [6.07, 6.45) is 0. The van der Waals surface area contributed by atoms with E-state index < -0.39 is 23.2 Å². The van der Waals surface area contributed by atoms with Crippen molar-refractivity contribution in [3.63, 3.8) is 0 Å². The highest BCUT2D eigenvalue weighted by Crippen LogP contribution is 2.20. The van der Waals surface area contributed by atoms with E-state index in [2.05, 4.69) is 10.6 Å². The van der Waals surface area contributed by atoms with E-state index in [1.54, 1.807) is 0 Å². The molecule has 1 aromatic rings. The summed E-state index contributed by atoms with van der Waals surface area (Å²) in [4.78, 5) is 10.6. The number of ether oxygens (including phenoxy) is 1. The molecule has 0 aliphatic carbocycles. The largest absolute Gasteiger partial charge is 0.478 e. The van der Waals surface area contributed by atoms with Crippen LogP contribution in [0.15, 0.2) is 12.1 Å². The number of rotatable bonds is 4. The molecule has 0 saturated carbocycles. The summed E-state index contributed by atoms with van der Waals surface area (Å²) in [6, 6.07) is 2.26. The van der Waals surface area contributed by atoms with Crippen LogP contribution >= 0.6 is 0 Å². The number of aromatic carboxylic acids is 1. The SMILES string of the molecule is O=C(O)c1ccc(NCC2COCCN2)c(F)c1F. The molecule has 104 valence electrons. The van der Waals surface area contributed by atoms with Crippen LogP contribution in [0.4, 0.5) is 14.5 Å². The van der Waals surface area contributed by atoms with Crippen LogP contribution < -0.4 is 10.6 Å². The highest BCUT2D eigenvalue weighted by molar-refractivity contribution is 5.88. The smallest absolute Gasteiger partial charge is 0.338 e. The van der Waals surface area contributed by atoms with E-state index in [1.165, 1.54) is 6.07 Å². The fraction of sp³-hybridized carbons (Fsp3) is 0.417. The molecule has 2 rings (SSSR count). The van der Waals surface area contributed by atoms with E-state index >= 15 is 0 Å². The molecule has 0 amide bonds. The Kier molecular flexibility index (Phi) is 4.28. The van der Waals surface area contributed by atoms with Gasteiger partial charge in [0, 0.05) is 19.1 Å². The van der Waals surface area contributed by atoms with Gasteiger partial charge in [-0.25, -0.2) is 13.6 Å². The lowest BCUT2D eigenvalue weighted by Gasteiger charge is -2.24. The van der Waals surface area contributed by atoms with Crippen molar-refractivity contribution in [2.75, 3.05) is 31.6 Å². The van der Waals surface area contributed by atoms with Crippen LogP contribution in [0.5, 0.6) is 0 Å². The lowest BCUT2D eigenvalue weighted by molar-refractivity contribution is 0.0690. The molecule has 5 nitrogen and oxygen atoms in total. The first kappa shape index (κ1) is 13.7. The Morgan fingerprint density at radius 1 is 1.47 bits per heavy atom. The van der Waals surface area contributed by atoms with Crippen molar-refractivity contribution < 1.29 is 23.4 Å². The first-order valence-corrected chi connectivity index (χ1v) is 5.86. The molecule has 1 atom stereocenters. The van der Waals surface area contributed by atoms with Crippen molar-refractivity contribution in [2.24, 2.45) is 0 Å². The predicted octanol–water partition coefficient (Wildman–Crippen LogP) is 1.06. The number of hydrogen-bond donors (Lipinski definition) is 3. The molecule has 1 unspecified atom stereocenters. The fourth-order valence-electron chi connectivity index (χ4n) is 1.84. The van der Waals surface area contributed by atoms with Crippen LogP contribution in [0.1, 0.15) is 10.4 Å². The summed E-state index contributed by atoms with van der Waals surface area (Å²) in [5.41, 5.74) is -0.739. The molecular weight excluding hydrogens is 258 g/mol. The minimum Gasteiger partial charge on any atom is -0.478 e. The number of morpholine rings is 1. The highest BCUT2D eigenvalue weighted by atomic mass is 19.2. The number of nitrogens with one attached hydrogen (secondary N) is 2. The second-order valence-corrected chi connectivity index (χ2v) is 4.20. The molecule has 0 bridgehead atoms. The molecule has 1 aliphatic heterocycles. The summed E-state index contributed by atoms with van der Waals surface area (Å²) >= 11 is 0. The third-order valence-corrected chi connectivity index (χ3v) is 2.85. The van der Waals surface area contributed by atoms with E-state index in [9.17, 15) is 13.6 Å². The first-order valence-electron chi connectivity index (χ1n) is 5.86. The van der Waals surface area contributed by atoms with Crippen molar-refractivity contribution in [3.8, 4) is 0 Å². The lowest BCUT2D eigenvalue weighted by Crippen LogP contribution is -2.45. The average molecular weight is 272 g/mol. The number of carbonyl (C=O) groups is 1. The van der Waals surface area contributed by atoms with Gasteiger partial charge >= 0.3 is 5.97 Å². The minimum absolute atomic E-state index is 0.00959. The van der Waals surface area contributed by atoms with Gasteiger partial charge in [0.1, 0.15) is 0 Å². The summed E-state index contributed by atoms with van der Waals surface area (Å²) in [5.74, 6) is -4.03. The normalized spacial score (nSPS) is 19.2. The van der Waals surface area contributed by atoms with Gasteiger partial charge < -0.3 is 20.5 Å². The quantitative estimate of drug-likeness (QED) is 0.764. The molecule has 0 spiro atoms. The van der Waals surface area contributed by atoms with Crippen molar-refractivity contribution in [1.29, 1.82) is 0 Å². The standard InChI is InChI=1S/C12H14F2N2O3/c13-10-8(12(17)18)1-2-9(11(10)14)16-5-7-6-19-4-3-15-7/h1-2,7,15-16H,3-6H2,(H,17,18). The number of hydrogen-bond acceptors (Lipinski definition) is 4. The summed E-state index contributed by atoms with van der Waals surface area (Å²) < 4.78 is 32.3. The van der Waals surface area contributed by atoms with Gasteiger partial charge in [-0.3, -0.25) is 0 Å². The van der Waals surface area contributed by atoms with E-state index in [1.807, 2.05) is 0 Å². The predicted molar refractivity (Wildman–Crippen MR) is 64.4 cm³/mol. The number of anilines is 1. The van der Waals surface area contributed by atoms with E-state index in [-0.39, 0.29) is 11.7 Å². The molecule has 0 aromatic heterocycles. The minimum atomic E-state index is -1.50. The molecular formula is C12H14F2N2O3. The summed E-state index contributed by atoms with van der Waals surface area (Å²) in [5, 5.41) is 14.6. The monoisotopic (exact) mass is 272 g/mol. The van der Waals surface area contributed by atoms with Crippen LogP contribution in [0.2, 0.25) is 0 Å². The van der Waals surface area contributed by atoms with Crippen LogP contribution in [0.3, 0.4) is 0 Å². The molecule has 1 aliphatic rings. The van der Waals surface area contributed by atoms with E-state index in [0.29, 0.717) is 26.3 Å². The highest BCUT2D eigenvalue weighted by Gasteiger charge is 2.19. The zero-order chi connectivity index (χ0) is 13.8. The van der Waals surface area contributed by atoms with Crippen molar-refractivity contribution in [2.45, 2.75) is 6.04 Å². The molecule has 1 fully saturated rings. The lowest BCUT2D eigenvalue weighted by atomic mass is 10.1. The van der Waals surface area contributed by atoms with Gasteiger partial charge in [-0.15, -0.1) is 0 Å². The van der Waals surface area contributed by atoms with Gasteiger partial charge in [0.15, 0.2) is 11.6 Å². The first-order chi connectivity index (χ1) is 9.09. The molecule has 19 heavy (non-hydrogen) atoms. The van der Waals surface area contributed by atoms with Crippen molar-refractivity contribution in [1.82, 2.24) is 5.32 Å². The average Bonchev–Trinajstić information content (AvgIpc) is 2.41. The summed E-state index contributed by atoms with van der Waals surface area (Å²) in [7, 11) is 0. The van der Waals surface area contributed by atoms with Crippen molar-refractivity contribution >= 4 is 11.7 Å². The fourth-order valence-corrected chi connectivity index (χ4v) is 1.84. The van der Waals surface area contributed by atoms with Crippen molar-refractivity contribution in [3.05, 3.63) is 29.3 Å². The van der Waals surface area contributed by atoms with Gasteiger partial charge in [-0.2, -0.15) is 0 Å². The number of halogens is 2. The van der Waals surface area contributed by atoms with Crippen LogP contribution in [0.25, 0.3) is 0 Å². The van der Waals surface area contributed by atoms with Crippen LogP contribution in [-0.2, 0) is 4.74 Å². The molecule has 1 aromatic carbocycles. The third-order valence-electron chi connectivity index (χ3n) is 2.85. The number of carboxylic acid groups (broad SMARTS) is 1. The Balaban J connectivity index is 2.04. The van der Waals surface area contributed by atoms with E-state index in [4.69, 9.17) is 9.84 Å². The zero-order valence-electron chi connectivity index (χ0n) is 10.1. The number of benzene rings is 1. The zero-order valence-corrected chi connectivity index (χ0v) is 10.1. The van der Waals surface area contributed by atoms with Gasteiger partial charge in [0.25, 0.3) is 0 Å². The van der Waals surface area contributed by atoms with Gasteiger partial charge in [0.05, 0.1) is 24.5 Å². The Morgan fingerprint density at radius 3 is 2.89 bits per heavy atom. The second-order valence-electron chi connectivity index (χ2n) is 4.20. The molecule has 3 N–H and O–H groups in total. The Bertz CT molecular complexity index is 476. The van der Waals surface area contributed by atoms with Gasteiger partial charge in [-0.05, 0) is 12.1 Å². The Labute approximate surface area is 108 Å². The number of carboxylic acids is 1. The second kappa shape index (κ2) is 5.94. The molecule has 0 radical (unpaired) electrons. The molecule has 1 heterocycles. The maximum atomic E-state index is 13.6. The summed E-state index contributed by atoms with van der Waals surface area (Å²) in [6.45, 7) is 2.20. The Hall–Kier alpha value is -1.73. The maximum Gasteiger partial charge on any atom is 0.338 e. The Morgan fingerprint density at radius 2 is 2.26 bits per heavy atom. The van der Waals surface area contributed by atoms with E-state index in [0.717, 1.165) is 6.07 Å². The third kappa shape index (κ3) is 3.18. The topological polar surface area (TPSA) is 70.6 Å². The van der Waals surface area contributed by atoms with Gasteiger partial charge in [0.2, 0.25) is 0 Å². The van der Waals surface area contributed by atoms with Crippen LogP contribution in [0, 0.1) is 11.6 Å². The molecule has 7 heteroatoms. The maximum absolute atomic E-state index is 13.6. The van der Waals surface area contributed by atoms with Crippen LogP contribution in [-0.4, -0.2) is 43.4 Å².